The van der Waals surface area contributed by atoms with Gasteiger partial charge < -0.3 is 10.5 Å². The fourth-order valence-electron chi connectivity index (χ4n) is 1.14. The zero-order valence-corrected chi connectivity index (χ0v) is 10.2. The van der Waals surface area contributed by atoms with Crippen LogP contribution in [-0.4, -0.2) is 15.9 Å². The Morgan fingerprint density at radius 1 is 1.29 bits per heavy atom. The molecule has 0 atom stereocenters. The van der Waals surface area contributed by atoms with E-state index < -0.39 is 5.97 Å². The van der Waals surface area contributed by atoms with Crippen LogP contribution in [0.15, 0.2) is 41.0 Å². The molecule has 1 aromatic heterocycles. The second kappa shape index (κ2) is 4.92. The van der Waals surface area contributed by atoms with Gasteiger partial charge in [-0.1, -0.05) is 12.1 Å². The molecule has 1 aromatic carbocycles. The average molecular weight is 294 g/mol. The monoisotopic (exact) mass is 293 g/mol. The van der Waals surface area contributed by atoms with Gasteiger partial charge in [-0.05, 0) is 34.1 Å². The normalized spacial score (nSPS) is 9.94. The summed E-state index contributed by atoms with van der Waals surface area (Å²) in [4.78, 5) is 19.3. The Bertz CT molecular complexity index is 560. The molecular formula is C11H8BrN3O2. The standard InChI is InChI=1S/C11H8BrN3O2/c12-7-3-1-2-4-8(7)17-11(16)10-14-6-5-9(13)15-10/h1-6H,(H2,13,14,15). The topological polar surface area (TPSA) is 78.1 Å². The van der Waals surface area contributed by atoms with E-state index in [0.717, 1.165) is 0 Å². The SMILES string of the molecule is Nc1ccnc(C(=O)Oc2ccccc2Br)n1. The number of hydrogen-bond acceptors (Lipinski definition) is 5. The van der Waals surface area contributed by atoms with Gasteiger partial charge in [-0.25, -0.2) is 14.8 Å². The van der Waals surface area contributed by atoms with Crippen molar-refractivity contribution < 1.29 is 9.53 Å². The van der Waals surface area contributed by atoms with E-state index in [-0.39, 0.29) is 11.6 Å². The highest BCUT2D eigenvalue weighted by atomic mass is 79.9. The summed E-state index contributed by atoms with van der Waals surface area (Å²) in [7, 11) is 0. The number of halogens is 1. The van der Waals surface area contributed by atoms with Crippen molar-refractivity contribution >= 4 is 27.7 Å². The van der Waals surface area contributed by atoms with Gasteiger partial charge in [-0.15, -0.1) is 0 Å². The van der Waals surface area contributed by atoms with Crippen molar-refractivity contribution in [3.63, 3.8) is 0 Å². The number of rotatable bonds is 2. The molecule has 86 valence electrons. The summed E-state index contributed by atoms with van der Waals surface area (Å²) in [5, 5.41) is 0. The lowest BCUT2D eigenvalue weighted by Crippen LogP contribution is -2.13. The summed E-state index contributed by atoms with van der Waals surface area (Å²) in [6.07, 6.45) is 1.40. The maximum absolute atomic E-state index is 11.7. The van der Waals surface area contributed by atoms with Gasteiger partial charge in [0.25, 0.3) is 0 Å². The molecule has 1 heterocycles. The van der Waals surface area contributed by atoms with Crippen molar-refractivity contribution in [3.05, 3.63) is 46.8 Å². The Kier molecular flexibility index (Phi) is 3.34. The van der Waals surface area contributed by atoms with E-state index in [1.807, 2.05) is 6.07 Å². The van der Waals surface area contributed by atoms with E-state index in [9.17, 15) is 4.79 Å². The molecule has 2 aromatic rings. The number of para-hydroxylation sites is 1. The molecule has 0 radical (unpaired) electrons. The smallest absolute Gasteiger partial charge is 0.381 e. The number of nitrogen functional groups attached to an aromatic ring is 1. The van der Waals surface area contributed by atoms with Crippen LogP contribution in [0.3, 0.4) is 0 Å². The maximum atomic E-state index is 11.7. The number of nitrogens with zero attached hydrogens (tertiary/aromatic N) is 2. The Morgan fingerprint density at radius 3 is 2.76 bits per heavy atom. The molecule has 2 rings (SSSR count). The number of carbonyl (C=O) groups is 1. The van der Waals surface area contributed by atoms with E-state index >= 15 is 0 Å². The van der Waals surface area contributed by atoms with Crippen molar-refractivity contribution in [2.24, 2.45) is 0 Å². The van der Waals surface area contributed by atoms with Crippen molar-refractivity contribution in [1.29, 1.82) is 0 Å². The third-order valence-electron chi connectivity index (χ3n) is 1.90. The number of nitrogens with two attached hydrogens (primary N) is 1. The zero-order chi connectivity index (χ0) is 12.3. The number of aromatic nitrogens is 2. The molecule has 5 nitrogen and oxygen atoms in total. The van der Waals surface area contributed by atoms with Crippen LogP contribution < -0.4 is 10.5 Å². The van der Waals surface area contributed by atoms with Crippen LogP contribution in [0.2, 0.25) is 0 Å². The first-order chi connectivity index (χ1) is 8.16. The Labute approximate surface area is 106 Å². The van der Waals surface area contributed by atoms with Gasteiger partial charge >= 0.3 is 5.97 Å². The molecule has 0 bridgehead atoms. The third-order valence-corrected chi connectivity index (χ3v) is 2.55. The number of carbonyl (C=O) groups excluding carboxylic acids is 1. The van der Waals surface area contributed by atoms with Crippen LogP contribution >= 0.6 is 15.9 Å². The van der Waals surface area contributed by atoms with Gasteiger partial charge in [0.1, 0.15) is 11.6 Å². The van der Waals surface area contributed by atoms with Crippen LogP contribution in [0.4, 0.5) is 5.82 Å². The van der Waals surface area contributed by atoms with E-state index in [1.165, 1.54) is 12.3 Å². The Hall–Kier alpha value is -1.95. The minimum Gasteiger partial charge on any atom is -0.419 e. The summed E-state index contributed by atoms with van der Waals surface area (Å²) in [5.41, 5.74) is 5.45. The van der Waals surface area contributed by atoms with E-state index in [1.54, 1.807) is 18.2 Å². The van der Waals surface area contributed by atoms with Gasteiger partial charge in [-0.3, -0.25) is 0 Å². The first-order valence-electron chi connectivity index (χ1n) is 4.72. The quantitative estimate of drug-likeness (QED) is 0.677. The lowest BCUT2D eigenvalue weighted by molar-refractivity contribution is 0.0721. The molecule has 0 unspecified atom stereocenters. The molecule has 0 aliphatic carbocycles. The maximum Gasteiger partial charge on any atom is 0.381 e. The van der Waals surface area contributed by atoms with Gasteiger partial charge in [-0.2, -0.15) is 0 Å². The zero-order valence-electron chi connectivity index (χ0n) is 8.63. The van der Waals surface area contributed by atoms with Gasteiger partial charge in [0.2, 0.25) is 5.82 Å². The molecule has 0 aliphatic rings. The third kappa shape index (κ3) is 2.79. The van der Waals surface area contributed by atoms with Gasteiger partial charge in [0.15, 0.2) is 0 Å². The van der Waals surface area contributed by atoms with Crippen molar-refractivity contribution in [1.82, 2.24) is 9.97 Å². The summed E-state index contributed by atoms with van der Waals surface area (Å²) in [5.74, 6) is -0.0902. The molecule has 0 saturated heterocycles. The summed E-state index contributed by atoms with van der Waals surface area (Å²) in [6.45, 7) is 0. The number of benzene rings is 1. The van der Waals surface area contributed by atoms with E-state index in [0.29, 0.717) is 10.2 Å². The van der Waals surface area contributed by atoms with Crippen LogP contribution in [0, 0.1) is 0 Å². The van der Waals surface area contributed by atoms with E-state index in [2.05, 4.69) is 25.9 Å². The minimum atomic E-state index is -0.649. The second-order valence-corrected chi connectivity index (χ2v) is 3.98. The number of anilines is 1. The molecule has 0 spiro atoms. The fourth-order valence-corrected chi connectivity index (χ4v) is 1.51. The predicted molar refractivity (Wildman–Crippen MR) is 65.5 cm³/mol. The Morgan fingerprint density at radius 2 is 2.06 bits per heavy atom. The molecular weight excluding hydrogens is 286 g/mol. The van der Waals surface area contributed by atoms with Gasteiger partial charge in [0.05, 0.1) is 4.47 Å². The van der Waals surface area contributed by atoms with Crippen LogP contribution in [0.25, 0.3) is 0 Å². The van der Waals surface area contributed by atoms with Crippen LogP contribution in [0.1, 0.15) is 10.6 Å². The van der Waals surface area contributed by atoms with E-state index in [4.69, 9.17) is 10.5 Å². The molecule has 0 aliphatic heterocycles. The van der Waals surface area contributed by atoms with Crippen molar-refractivity contribution in [2.75, 3.05) is 5.73 Å². The number of ether oxygens (including phenoxy) is 1. The van der Waals surface area contributed by atoms with Crippen LogP contribution in [-0.2, 0) is 0 Å². The highest BCUT2D eigenvalue weighted by Gasteiger charge is 2.13. The molecule has 0 saturated carbocycles. The molecule has 2 N–H and O–H groups in total. The number of hydrogen-bond donors (Lipinski definition) is 1. The van der Waals surface area contributed by atoms with Gasteiger partial charge in [0, 0.05) is 6.20 Å². The molecule has 0 amide bonds. The summed E-state index contributed by atoms with van der Waals surface area (Å²) < 4.78 is 5.80. The predicted octanol–water partition coefficient (Wildman–Crippen LogP) is 2.04. The molecule has 6 heteroatoms. The van der Waals surface area contributed by atoms with Crippen molar-refractivity contribution in [3.8, 4) is 5.75 Å². The van der Waals surface area contributed by atoms with Crippen molar-refractivity contribution in [2.45, 2.75) is 0 Å². The molecule has 17 heavy (non-hydrogen) atoms. The fraction of sp³-hybridized carbons (Fsp3) is 0. The Balaban J connectivity index is 2.20. The lowest BCUT2D eigenvalue weighted by atomic mass is 10.3. The molecule has 0 fully saturated rings. The summed E-state index contributed by atoms with van der Waals surface area (Å²) >= 11 is 3.27. The second-order valence-electron chi connectivity index (χ2n) is 3.13. The minimum absolute atomic E-state index is 0.0687. The summed E-state index contributed by atoms with van der Waals surface area (Å²) in [6, 6.07) is 8.50. The first kappa shape index (κ1) is 11.5. The number of esters is 1. The average Bonchev–Trinajstić information content (AvgIpc) is 2.32. The largest absolute Gasteiger partial charge is 0.419 e. The highest BCUT2D eigenvalue weighted by Crippen LogP contribution is 2.24. The first-order valence-corrected chi connectivity index (χ1v) is 5.51. The lowest BCUT2D eigenvalue weighted by Gasteiger charge is -2.04. The highest BCUT2D eigenvalue weighted by molar-refractivity contribution is 9.10. The van der Waals surface area contributed by atoms with Crippen LogP contribution in [0.5, 0.6) is 5.75 Å².